The van der Waals surface area contributed by atoms with E-state index in [1.54, 1.807) is 0 Å². The number of rotatable bonds is 5. The molecule has 0 bridgehead atoms. The predicted octanol–water partition coefficient (Wildman–Crippen LogP) is 5.14. The second-order valence-corrected chi connectivity index (χ2v) is 6.49. The minimum absolute atomic E-state index is 0.0875. The third-order valence-corrected chi connectivity index (χ3v) is 3.83. The minimum Gasteiger partial charge on any atom is -0.455 e. The van der Waals surface area contributed by atoms with Crippen molar-refractivity contribution >= 4 is 28.0 Å². The van der Waals surface area contributed by atoms with Crippen molar-refractivity contribution in [3.05, 3.63) is 58.2 Å². The van der Waals surface area contributed by atoms with Crippen LogP contribution >= 0.6 is 15.9 Å². The number of benzene rings is 1. The van der Waals surface area contributed by atoms with Crippen LogP contribution in [0.4, 0.5) is 5.88 Å². The van der Waals surface area contributed by atoms with Gasteiger partial charge in [0.25, 0.3) is 5.88 Å². The average Bonchev–Trinajstić information content (AvgIpc) is 3.22. The van der Waals surface area contributed by atoms with E-state index in [0.717, 1.165) is 15.8 Å². The quantitative estimate of drug-likeness (QED) is 0.474. The van der Waals surface area contributed by atoms with Gasteiger partial charge in [0.1, 0.15) is 17.6 Å². The van der Waals surface area contributed by atoms with Crippen LogP contribution in [0.2, 0.25) is 0 Å². The van der Waals surface area contributed by atoms with E-state index >= 15 is 0 Å². The predicted molar refractivity (Wildman–Crippen MR) is 98.4 cm³/mol. The van der Waals surface area contributed by atoms with Gasteiger partial charge in [-0.1, -0.05) is 41.9 Å². The van der Waals surface area contributed by atoms with Gasteiger partial charge in [0.2, 0.25) is 11.6 Å². The van der Waals surface area contributed by atoms with Gasteiger partial charge >= 0.3 is 0 Å². The average molecular weight is 399 g/mol. The van der Waals surface area contributed by atoms with Gasteiger partial charge in [-0.25, -0.2) is 10.4 Å². The molecular weight excluding hydrogens is 384 g/mol. The van der Waals surface area contributed by atoms with Crippen molar-refractivity contribution in [2.75, 3.05) is 5.43 Å². The molecule has 25 heavy (non-hydrogen) atoms. The fourth-order valence-corrected chi connectivity index (χ4v) is 2.51. The Morgan fingerprint density at radius 2 is 2.12 bits per heavy atom. The lowest BCUT2D eigenvalue weighted by molar-refractivity contribution is 0.481. The number of furan rings is 1. The lowest BCUT2D eigenvalue weighted by Gasteiger charge is -1.97. The zero-order valence-corrected chi connectivity index (χ0v) is 15.2. The Balaban J connectivity index is 1.73. The van der Waals surface area contributed by atoms with Crippen molar-refractivity contribution in [2.45, 2.75) is 19.8 Å². The van der Waals surface area contributed by atoms with Gasteiger partial charge in [-0.15, -0.1) is 0 Å². The molecule has 0 saturated carbocycles. The SMILES string of the molecule is CC(C)c1nc(C#N)c(N/N=C/c2ccc(-c3cccc(Br)c3)o2)o1. The summed E-state index contributed by atoms with van der Waals surface area (Å²) in [5, 5.41) is 13.1. The van der Waals surface area contributed by atoms with E-state index in [0.29, 0.717) is 11.7 Å². The van der Waals surface area contributed by atoms with Gasteiger partial charge in [0, 0.05) is 16.0 Å². The van der Waals surface area contributed by atoms with Gasteiger partial charge in [0.05, 0.1) is 6.21 Å². The first-order valence-corrected chi connectivity index (χ1v) is 8.42. The van der Waals surface area contributed by atoms with E-state index in [9.17, 15) is 0 Å². The maximum atomic E-state index is 9.09. The maximum Gasteiger partial charge on any atom is 0.252 e. The number of hydrogen-bond acceptors (Lipinski definition) is 6. The fourth-order valence-electron chi connectivity index (χ4n) is 2.11. The van der Waals surface area contributed by atoms with Crippen molar-refractivity contribution in [2.24, 2.45) is 5.10 Å². The molecule has 0 amide bonds. The Morgan fingerprint density at radius 1 is 1.28 bits per heavy atom. The second kappa shape index (κ2) is 7.36. The lowest BCUT2D eigenvalue weighted by atomic mass is 10.2. The number of aromatic nitrogens is 1. The Labute approximate surface area is 153 Å². The van der Waals surface area contributed by atoms with Crippen molar-refractivity contribution in [3.63, 3.8) is 0 Å². The Hall–Kier alpha value is -2.85. The highest BCUT2D eigenvalue weighted by molar-refractivity contribution is 9.10. The molecule has 0 aliphatic carbocycles. The summed E-state index contributed by atoms with van der Waals surface area (Å²) in [6.45, 7) is 3.87. The van der Waals surface area contributed by atoms with Crippen LogP contribution in [0.15, 0.2) is 54.8 Å². The fraction of sp³-hybridized carbons (Fsp3) is 0.167. The van der Waals surface area contributed by atoms with E-state index in [1.165, 1.54) is 6.21 Å². The molecule has 1 aromatic carbocycles. The molecule has 6 nitrogen and oxygen atoms in total. The summed E-state index contributed by atoms with van der Waals surface area (Å²) in [5.74, 6) is 2.11. The molecule has 0 aliphatic rings. The zero-order valence-electron chi connectivity index (χ0n) is 13.7. The number of nitrogens with zero attached hydrogens (tertiary/aromatic N) is 3. The van der Waals surface area contributed by atoms with Crippen LogP contribution in [0, 0.1) is 11.3 Å². The van der Waals surface area contributed by atoms with Crippen LogP contribution in [-0.4, -0.2) is 11.2 Å². The van der Waals surface area contributed by atoms with Crippen LogP contribution < -0.4 is 5.43 Å². The smallest absolute Gasteiger partial charge is 0.252 e. The number of halogens is 1. The molecule has 1 N–H and O–H groups in total. The summed E-state index contributed by atoms with van der Waals surface area (Å²) in [7, 11) is 0. The van der Waals surface area contributed by atoms with Crippen molar-refractivity contribution in [3.8, 4) is 17.4 Å². The lowest BCUT2D eigenvalue weighted by Crippen LogP contribution is -1.90. The number of nitrogens with one attached hydrogen (secondary N) is 1. The molecule has 2 aromatic heterocycles. The third kappa shape index (κ3) is 3.98. The molecule has 7 heteroatoms. The van der Waals surface area contributed by atoms with Crippen LogP contribution in [0.25, 0.3) is 11.3 Å². The topological polar surface area (TPSA) is 87.4 Å². The molecule has 2 heterocycles. The monoisotopic (exact) mass is 398 g/mol. The Kier molecular flexibility index (Phi) is 5.00. The Bertz CT molecular complexity index is 950. The summed E-state index contributed by atoms with van der Waals surface area (Å²) in [5.41, 5.74) is 3.84. The van der Waals surface area contributed by atoms with Crippen LogP contribution in [0.5, 0.6) is 0 Å². The normalized spacial score (nSPS) is 11.2. The molecule has 126 valence electrons. The largest absolute Gasteiger partial charge is 0.455 e. The summed E-state index contributed by atoms with van der Waals surface area (Å²) in [6.07, 6.45) is 1.51. The van der Waals surface area contributed by atoms with E-state index in [-0.39, 0.29) is 17.5 Å². The van der Waals surface area contributed by atoms with Crippen LogP contribution in [0.3, 0.4) is 0 Å². The molecule has 0 aliphatic heterocycles. The molecule has 3 aromatic rings. The minimum atomic E-state index is 0.0875. The molecule has 0 fully saturated rings. The molecule has 0 spiro atoms. The van der Waals surface area contributed by atoms with E-state index < -0.39 is 0 Å². The van der Waals surface area contributed by atoms with Crippen LogP contribution in [0.1, 0.15) is 37.1 Å². The summed E-state index contributed by atoms with van der Waals surface area (Å²) < 4.78 is 12.2. The first kappa shape index (κ1) is 17.0. The second-order valence-electron chi connectivity index (χ2n) is 5.58. The first-order valence-electron chi connectivity index (χ1n) is 7.62. The molecule has 0 unspecified atom stereocenters. The third-order valence-electron chi connectivity index (χ3n) is 3.34. The number of hydrazone groups is 1. The van der Waals surface area contributed by atoms with Crippen molar-refractivity contribution < 1.29 is 8.83 Å². The number of hydrogen-bond donors (Lipinski definition) is 1. The van der Waals surface area contributed by atoms with Gasteiger partial charge in [0.15, 0.2) is 0 Å². The first-order chi connectivity index (χ1) is 12.1. The van der Waals surface area contributed by atoms with E-state index in [4.69, 9.17) is 14.1 Å². The zero-order chi connectivity index (χ0) is 17.8. The highest BCUT2D eigenvalue weighted by Gasteiger charge is 2.14. The molecule has 0 atom stereocenters. The Morgan fingerprint density at radius 3 is 2.84 bits per heavy atom. The van der Waals surface area contributed by atoms with Crippen molar-refractivity contribution in [1.82, 2.24) is 4.98 Å². The van der Waals surface area contributed by atoms with E-state index in [1.807, 2.05) is 56.3 Å². The molecule has 0 saturated heterocycles. The highest BCUT2D eigenvalue weighted by atomic mass is 79.9. The van der Waals surface area contributed by atoms with Gasteiger partial charge < -0.3 is 8.83 Å². The number of oxazole rings is 1. The summed E-state index contributed by atoms with van der Waals surface area (Å²) >= 11 is 3.44. The number of anilines is 1. The summed E-state index contributed by atoms with van der Waals surface area (Å²) in [4.78, 5) is 4.11. The van der Waals surface area contributed by atoms with E-state index in [2.05, 4.69) is 31.4 Å². The standard InChI is InChI=1S/C18H15BrN4O2/c1-11(2)17-22-15(9-20)18(25-17)23-21-10-14-6-7-16(24-14)12-4-3-5-13(19)8-12/h3-8,10-11,23H,1-2H3/b21-10+. The van der Waals surface area contributed by atoms with Gasteiger partial charge in [-0.3, -0.25) is 0 Å². The summed E-state index contributed by atoms with van der Waals surface area (Å²) in [6, 6.07) is 13.5. The highest BCUT2D eigenvalue weighted by Crippen LogP contribution is 2.25. The van der Waals surface area contributed by atoms with Crippen molar-refractivity contribution in [1.29, 1.82) is 5.26 Å². The number of nitriles is 1. The molecular formula is C18H15BrN4O2. The molecule has 3 rings (SSSR count). The van der Waals surface area contributed by atoms with Crippen LogP contribution in [-0.2, 0) is 0 Å². The van der Waals surface area contributed by atoms with Gasteiger partial charge in [-0.2, -0.15) is 10.4 Å². The molecule has 0 radical (unpaired) electrons. The van der Waals surface area contributed by atoms with Gasteiger partial charge in [-0.05, 0) is 24.3 Å². The maximum absolute atomic E-state index is 9.09.